The number of hydrogen-bond acceptors (Lipinski definition) is 3. The molecule has 2 aliphatic heterocycles. The van der Waals surface area contributed by atoms with E-state index in [0.29, 0.717) is 25.7 Å². The topological polar surface area (TPSA) is 42.9 Å². The predicted molar refractivity (Wildman–Crippen MR) is 122 cm³/mol. The Hall–Kier alpha value is -1.23. The van der Waals surface area contributed by atoms with E-state index >= 15 is 0 Å². The van der Waals surface area contributed by atoms with Crippen molar-refractivity contribution in [3.63, 3.8) is 0 Å². The smallest absolute Gasteiger partial charge is 0.369 e. The number of guanidine groups is 1. The van der Waals surface area contributed by atoms with Gasteiger partial charge in [-0.2, -0.15) is 13.2 Å². The van der Waals surface area contributed by atoms with Gasteiger partial charge in [0.15, 0.2) is 5.96 Å². The van der Waals surface area contributed by atoms with Gasteiger partial charge in [-0.25, -0.2) is 0 Å². The summed E-state index contributed by atoms with van der Waals surface area (Å²) in [4.78, 5) is 8.49. The van der Waals surface area contributed by atoms with Gasteiger partial charge in [0, 0.05) is 44.5 Å². The van der Waals surface area contributed by atoms with Gasteiger partial charge in [0.25, 0.3) is 0 Å². The van der Waals surface area contributed by atoms with Crippen molar-refractivity contribution in [2.24, 2.45) is 10.9 Å². The second-order valence-electron chi connectivity index (χ2n) is 7.64. The molecule has 3 rings (SSSR count). The summed E-state index contributed by atoms with van der Waals surface area (Å²) in [6.07, 6.45) is -2.33. The molecule has 2 unspecified atom stereocenters. The molecule has 2 atom stereocenters. The number of para-hydroxylation sites is 1. The highest BCUT2D eigenvalue weighted by atomic mass is 127. The van der Waals surface area contributed by atoms with Crippen molar-refractivity contribution in [2.75, 3.05) is 50.7 Å². The van der Waals surface area contributed by atoms with Gasteiger partial charge in [0.1, 0.15) is 0 Å². The summed E-state index contributed by atoms with van der Waals surface area (Å²) in [5, 5.41) is 6.76. The van der Waals surface area contributed by atoms with Crippen LogP contribution in [-0.4, -0.2) is 68.9 Å². The minimum atomic E-state index is -4.12. The first-order valence-electron chi connectivity index (χ1n) is 10.1. The zero-order valence-electron chi connectivity index (χ0n) is 16.8. The first-order chi connectivity index (χ1) is 13.4. The molecule has 1 aromatic rings. The quantitative estimate of drug-likeness (QED) is 0.340. The number of nitrogens with one attached hydrogen (secondary N) is 2. The largest absolute Gasteiger partial charge is 0.401 e. The maximum atomic E-state index is 12.5. The van der Waals surface area contributed by atoms with Crippen LogP contribution in [0.25, 0.3) is 0 Å². The highest BCUT2D eigenvalue weighted by Gasteiger charge is 2.34. The van der Waals surface area contributed by atoms with Crippen LogP contribution in [0.4, 0.5) is 18.9 Å². The number of hydrogen-bond donors (Lipinski definition) is 2. The average molecular weight is 525 g/mol. The van der Waals surface area contributed by atoms with Crippen LogP contribution in [0.15, 0.2) is 35.3 Å². The zero-order valence-corrected chi connectivity index (χ0v) is 19.1. The van der Waals surface area contributed by atoms with E-state index in [1.165, 1.54) is 10.6 Å². The van der Waals surface area contributed by atoms with Gasteiger partial charge in [-0.1, -0.05) is 18.2 Å². The summed E-state index contributed by atoms with van der Waals surface area (Å²) in [6.45, 7) is 5.38. The Morgan fingerprint density at radius 2 is 1.90 bits per heavy atom. The number of nitrogens with zero attached hydrogens (tertiary/aromatic N) is 3. The van der Waals surface area contributed by atoms with Crippen molar-refractivity contribution in [3.05, 3.63) is 30.3 Å². The summed E-state index contributed by atoms with van der Waals surface area (Å²) in [6, 6.07) is 10.7. The van der Waals surface area contributed by atoms with Crippen molar-refractivity contribution in [2.45, 2.75) is 32.0 Å². The SMILES string of the molecule is CCNC(=NCC1CCN(CC(F)(F)F)C1)NC1CCN(c2ccccc2)C1.I. The molecule has 2 N–H and O–H groups in total. The molecule has 0 bridgehead atoms. The summed E-state index contributed by atoms with van der Waals surface area (Å²) in [5.41, 5.74) is 1.23. The molecule has 2 heterocycles. The Morgan fingerprint density at radius 1 is 1.14 bits per heavy atom. The van der Waals surface area contributed by atoms with Gasteiger partial charge in [0.2, 0.25) is 0 Å². The normalized spacial score (nSPS) is 23.2. The first-order valence-corrected chi connectivity index (χ1v) is 10.1. The Labute approximate surface area is 188 Å². The minimum Gasteiger partial charge on any atom is -0.369 e. The molecular formula is C20H31F3IN5. The lowest BCUT2D eigenvalue weighted by Gasteiger charge is -2.21. The van der Waals surface area contributed by atoms with Gasteiger partial charge < -0.3 is 15.5 Å². The molecule has 9 heteroatoms. The molecule has 29 heavy (non-hydrogen) atoms. The third kappa shape index (κ3) is 7.84. The summed E-state index contributed by atoms with van der Waals surface area (Å²) in [7, 11) is 0. The molecule has 0 amide bonds. The van der Waals surface area contributed by atoms with E-state index in [0.717, 1.165) is 38.4 Å². The average Bonchev–Trinajstić information content (AvgIpc) is 3.29. The highest BCUT2D eigenvalue weighted by Crippen LogP contribution is 2.23. The number of alkyl halides is 3. The predicted octanol–water partition coefficient (Wildman–Crippen LogP) is 3.32. The van der Waals surface area contributed by atoms with Gasteiger partial charge in [-0.15, -0.1) is 24.0 Å². The van der Waals surface area contributed by atoms with Crippen molar-refractivity contribution in [1.29, 1.82) is 0 Å². The molecule has 0 radical (unpaired) electrons. The van der Waals surface area contributed by atoms with E-state index in [4.69, 9.17) is 0 Å². The van der Waals surface area contributed by atoms with Crippen LogP contribution in [-0.2, 0) is 0 Å². The van der Waals surface area contributed by atoms with E-state index in [9.17, 15) is 13.2 Å². The fraction of sp³-hybridized carbons (Fsp3) is 0.650. The number of anilines is 1. The third-order valence-corrected chi connectivity index (χ3v) is 5.28. The van der Waals surface area contributed by atoms with E-state index in [2.05, 4.69) is 32.7 Å². The van der Waals surface area contributed by atoms with Crippen LogP contribution >= 0.6 is 24.0 Å². The minimum absolute atomic E-state index is 0. The summed E-state index contributed by atoms with van der Waals surface area (Å²) in [5.74, 6) is 0.943. The Balaban J connectivity index is 0.00000300. The van der Waals surface area contributed by atoms with Crippen molar-refractivity contribution < 1.29 is 13.2 Å². The lowest BCUT2D eigenvalue weighted by atomic mass is 10.1. The zero-order chi connectivity index (χ0) is 20.0. The van der Waals surface area contributed by atoms with Gasteiger partial charge in [-0.05, 0) is 44.4 Å². The molecule has 1 aromatic carbocycles. The lowest BCUT2D eigenvalue weighted by molar-refractivity contribution is -0.143. The number of benzene rings is 1. The van der Waals surface area contributed by atoms with Crippen LogP contribution in [0.1, 0.15) is 19.8 Å². The van der Waals surface area contributed by atoms with E-state index in [1.54, 1.807) is 0 Å². The molecule has 0 spiro atoms. The van der Waals surface area contributed by atoms with Crippen LogP contribution < -0.4 is 15.5 Å². The van der Waals surface area contributed by atoms with E-state index < -0.39 is 12.7 Å². The second kappa shape index (κ2) is 11.2. The molecule has 0 saturated carbocycles. The number of halogens is 4. The van der Waals surface area contributed by atoms with Crippen molar-refractivity contribution in [1.82, 2.24) is 15.5 Å². The maximum absolute atomic E-state index is 12.5. The van der Waals surface area contributed by atoms with E-state index in [-0.39, 0.29) is 29.9 Å². The lowest BCUT2D eigenvalue weighted by Crippen LogP contribution is -2.45. The fourth-order valence-corrected chi connectivity index (χ4v) is 3.94. The highest BCUT2D eigenvalue weighted by molar-refractivity contribution is 14.0. The molecule has 0 aromatic heterocycles. The monoisotopic (exact) mass is 525 g/mol. The Morgan fingerprint density at radius 3 is 2.59 bits per heavy atom. The molecule has 164 valence electrons. The Bertz CT molecular complexity index is 641. The van der Waals surface area contributed by atoms with Gasteiger partial charge in [0.05, 0.1) is 6.54 Å². The van der Waals surface area contributed by atoms with Crippen molar-refractivity contribution in [3.8, 4) is 0 Å². The van der Waals surface area contributed by atoms with Crippen LogP contribution in [0.2, 0.25) is 0 Å². The molecule has 2 aliphatic rings. The van der Waals surface area contributed by atoms with Crippen LogP contribution in [0, 0.1) is 5.92 Å². The van der Waals surface area contributed by atoms with Gasteiger partial charge in [-0.3, -0.25) is 9.89 Å². The number of rotatable bonds is 6. The maximum Gasteiger partial charge on any atom is 0.401 e. The first kappa shape index (κ1) is 24.0. The van der Waals surface area contributed by atoms with Crippen molar-refractivity contribution >= 4 is 35.6 Å². The van der Waals surface area contributed by atoms with E-state index in [1.807, 2.05) is 25.1 Å². The molecular weight excluding hydrogens is 494 g/mol. The number of likely N-dealkylation sites (tertiary alicyclic amines) is 1. The molecule has 0 aliphatic carbocycles. The number of aliphatic imine (C=N–C) groups is 1. The summed E-state index contributed by atoms with van der Waals surface area (Å²) < 4.78 is 37.6. The standard InChI is InChI=1S/C20H30F3N5.HI/c1-2-24-19(25-12-16-8-10-27(13-16)15-20(21,22)23)26-17-9-11-28(14-17)18-6-4-3-5-7-18;/h3-7,16-17H,2,8-15H2,1H3,(H2,24,25,26);1H. The second-order valence-corrected chi connectivity index (χ2v) is 7.64. The summed E-state index contributed by atoms with van der Waals surface area (Å²) >= 11 is 0. The molecule has 2 saturated heterocycles. The van der Waals surface area contributed by atoms with Crippen LogP contribution in [0.3, 0.4) is 0 Å². The molecule has 5 nitrogen and oxygen atoms in total. The molecule has 2 fully saturated rings. The van der Waals surface area contributed by atoms with Gasteiger partial charge >= 0.3 is 6.18 Å². The van der Waals surface area contributed by atoms with Crippen LogP contribution in [0.5, 0.6) is 0 Å². The Kier molecular flexibility index (Phi) is 9.32. The third-order valence-electron chi connectivity index (χ3n) is 5.28. The fourth-order valence-electron chi connectivity index (χ4n) is 3.94.